The van der Waals surface area contributed by atoms with E-state index in [1.165, 1.54) is 5.56 Å². The van der Waals surface area contributed by atoms with E-state index < -0.39 is 0 Å². The minimum absolute atomic E-state index is 0.206. The van der Waals surface area contributed by atoms with Crippen LogP contribution in [0, 0.1) is 0 Å². The molecule has 0 spiro atoms. The first-order valence-corrected chi connectivity index (χ1v) is 6.74. The zero-order valence-corrected chi connectivity index (χ0v) is 11.5. The van der Waals surface area contributed by atoms with Crippen LogP contribution < -0.4 is 5.32 Å². The molecule has 1 N–H and O–H groups in total. The molecule has 1 unspecified atom stereocenters. The molecule has 1 aromatic rings. The Labute approximate surface area is 109 Å². The van der Waals surface area contributed by atoms with Crippen molar-refractivity contribution in [3.63, 3.8) is 0 Å². The Hall–Kier alpha value is -1.29. The quantitative estimate of drug-likeness (QED) is 0.834. The van der Waals surface area contributed by atoms with E-state index in [2.05, 4.69) is 24.5 Å². The van der Waals surface area contributed by atoms with Crippen molar-refractivity contribution in [1.82, 2.24) is 14.8 Å². The average Bonchev–Trinajstić information content (AvgIpc) is 3.12. The van der Waals surface area contributed by atoms with Gasteiger partial charge in [-0.3, -0.25) is 4.79 Å². The van der Waals surface area contributed by atoms with Gasteiger partial charge in [-0.1, -0.05) is 6.92 Å². The molecule has 2 rings (SSSR count). The highest BCUT2D eigenvalue weighted by atomic mass is 16.2. The lowest BCUT2D eigenvalue weighted by Crippen LogP contribution is -2.31. The summed E-state index contributed by atoms with van der Waals surface area (Å²) in [5, 5.41) is 3.28. The fourth-order valence-electron chi connectivity index (χ4n) is 2.30. The molecule has 18 heavy (non-hydrogen) atoms. The van der Waals surface area contributed by atoms with Crippen LogP contribution in [0.15, 0.2) is 18.5 Å². The van der Waals surface area contributed by atoms with E-state index in [9.17, 15) is 4.79 Å². The first kappa shape index (κ1) is 13.1. The SMILES string of the molecule is CCC(NC)c1ccn(CC(=O)N(C)C2CC2)c1. The third kappa shape index (κ3) is 2.93. The number of rotatable bonds is 6. The van der Waals surface area contributed by atoms with Crippen molar-refractivity contribution >= 4 is 5.91 Å². The Morgan fingerprint density at radius 1 is 1.61 bits per heavy atom. The molecule has 4 heteroatoms. The molecule has 1 fully saturated rings. The number of likely N-dealkylation sites (N-methyl/N-ethyl adjacent to an activating group) is 1. The summed E-state index contributed by atoms with van der Waals surface area (Å²) in [7, 11) is 3.88. The van der Waals surface area contributed by atoms with Gasteiger partial charge in [0.2, 0.25) is 5.91 Å². The summed E-state index contributed by atoms with van der Waals surface area (Å²) in [5.41, 5.74) is 1.25. The number of hydrogen-bond donors (Lipinski definition) is 1. The molecule has 0 aliphatic heterocycles. The summed E-state index contributed by atoms with van der Waals surface area (Å²) in [6, 6.07) is 2.96. The van der Waals surface area contributed by atoms with Gasteiger partial charge in [0.15, 0.2) is 0 Å². The zero-order chi connectivity index (χ0) is 13.1. The highest BCUT2D eigenvalue weighted by Crippen LogP contribution is 2.25. The predicted molar refractivity (Wildman–Crippen MR) is 72.3 cm³/mol. The molecule has 1 amide bonds. The van der Waals surface area contributed by atoms with Crippen LogP contribution in [0.3, 0.4) is 0 Å². The van der Waals surface area contributed by atoms with Gasteiger partial charge in [0.05, 0.1) is 0 Å². The number of hydrogen-bond acceptors (Lipinski definition) is 2. The van der Waals surface area contributed by atoms with Gasteiger partial charge in [-0.05, 0) is 37.9 Å². The fourth-order valence-corrected chi connectivity index (χ4v) is 2.30. The number of carbonyl (C=O) groups excluding carboxylic acids is 1. The Morgan fingerprint density at radius 3 is 2.89 bits per heavy atom. The summed E-state index contributed by atoms with van der Waals surface area (Å²) in [6.45, 7) is 2.61. The predicted octanol–water partition coefficient (Wildman–Crippen LogP) is 1.78. The summed E-state index contributed by atoms with van der Waals surface area (Å²) in [4.78, 5) is 13.9. The maximum absolute atomic E-state index is 12.0. The second kappa shape index (κ2) is 5.57. The second-order valence-corrected chi connectivity index (χ2v) is 5.10. The van der Waals surface area contributed by atoms with E-state index in [-0.39, 0.29) is 5.91 Å². The van der Waals surface area contributed by atoms with Crippen molar-refractivity contribution in [1.29, 1.82) is 0 Å². The van der Waals surface area contributed by atoms with Crippen molar-refractivity contribution in [2.75, 3.05) is 14.1 Å². The number of carbonyl (C=O) groups is 1. The van der Waals surface area contributed by atoms with Gasteiger partial charge in [-0.2, -0.15) is 0 Å². The van der Waals surface area contributed by atoms with Gasteiger partial charge in [0, 0.05) is 31.5 Å². The first-order chi connectivity index (χ1) is 8.65. The standard InChI is InChI=1S/C14H23N3O/c1-4-13(15-2)11-7-8-17(9-11)10-14(18)16(3)12-5-6-12/h7-9,12-13,15H,4-6,10H2,1-3H3. The van der Waals surface area contributed by atoms with Crippen molar-refractivity contribution in [3.05, 3.63) is 24.0 Å². The smallest absolute Gasteiger partial charge is 0.242 e. The third-order valence-corrected chi connectivity index (χ3v) is 3.74. The van der Waals surface area contributed by atoms with Gasteiger partial charge in [-0.15, -0.1) is 0 Å². The lowest BCUT2D eigenvalue weighted by molar-refractivity contribution is -0.131. The molecule has 1 atom stereocenters. The van der Waals surface area contributed by atoms with Crippen molar-refractivity contribution in [2.45, 2.75) is 44.8 Å². The zero-order valence-electron chi connectivity index (χ0n) is 11.5. The molecular weight excluding hydrogens is 226 g/mol. The number of nitrogens with zero attached hydrogens (tertiary/aromatic N) is 2. The highest BCUT2D eigenvalue weighted by Gasteiger charge is 2.29. The van der Waals surface area contributed by atoms with E-state index in [0.717, 1.165) is 19.3 Å². The molecule has 0 aromatic carbocycles. The van der Waals surface area contributed by atoms with Gasteiger partial charge < -0.3 is 14.8 Å². The Bertz CT molecular complexity index is 405. The highest BCUT2D eigenvalue weighted by molar-refractivity contribution is 5.76. The van der Waals surface area contributed by atoms with Crippen molar-refractivity contribution in [2.24, 2.45) is 0 Å². The first-order valence-electron chi connectivity index (χ1n) is 6.74. The summed E-state index contributed by atoms with van der Waals surface area (Å²) < 4.78 is 1.98. The minimum Gasteiger partial charge on any atom is -0.345 e. The van der Waals surface area contributed by atoms with Crippen LogP contribution in [0.25, 0.3) is 0 Å². The van der Waals surface area contributed by atoms with Crippen LogP contribution in [0.5, 0.6) is 0 Å². The van der Waals surface area contributed by atoms with Crippen LogP contribution in [-0.2, 0) is 11.3 Å². The van der Waals surface area contributed by atoms with E-state index in [4.69, 9.17) is 0 Å². The third-order valence-electron chi connectivity index (χ3n) is 3.74. The largest absolute Gasteiger partial charge is 0.345 e. The van der Waals surface area contributed by atoms with E-state index in [0.29, 0.717) is 18.6 Å². The van der Waals surface area contributed by atoms with Crippen LogP contribution >= 0.6 is 0 Å². The lowest BCUT2D eigenvalue weighted by atomic mass is 10.1. The molecule has 0 saturated heterocycles. The normalized spacial score (nSPS) is 16.6. The molecule has 100 valence electrons. The molecule has 1 saturated carbocycles. The van der Waals surface area contributed by atoms with Gasteiger partial charge >= 0.3 is 0 Å². The van der Waals surface area contributed by atoms with Crippen LogP contribution in [0.4, 0.5) is 0 Å². The topological polar surface area (TPSA) is 37.3 Å². The number of amides is 1. The Morgan fingerprint density at radius 2 is 2.33 bits per heavy atom. The van der Waals surface area contributed by atoms with Crippen LogP contribution in [0.2, 0.25) is 0 Å². The molecule has 1 aliphatic carbocycles. The van der Waals surface area contributed by atoms with Crippen molar-refractivity contribution < 1.29 is 4.79 Å². The summed E-state index contributed by atoms with van der Waals surface area (Å²) in [6.07, 6.45) is 7.45. The molecule has 1 aromatic heterocycles. The average molecular weight is 249 g/mol. The van der Waals surface area contributed by atoms with E-state index in [1.54, 1.807) is 0 Å². The summed E-state index contributed by atoms with van der Waals surface area (Å²) >= 11 is 0. The van der Waals surface area contributed by atoms with E-state index >= 15 is 0 Å². The van der Waals surface area contributed by atoms with Gasteiger partial charge in [0.25, 0.3) is 0 Å². The van der Waals surface area contributed by atoms with E-state index in [1.807, 2.05) is 29.8 Å². The molecule has 4 nitrogen and oxygen atoms in total. The molecule has 0 bridgehead atoms. The number of nitrogens with one attached hydrogen (secondary N) is 1. The maximum atomic E-state index is 12.0. The van der Waals surface area contributed by atoms with Crippen LogP contribution in [-0.4, -0.2) is 35.5 Å². The minimum atomic E-state index is 0.206. The molecule has 0 radical (unpaired) electrons. The number of aromatic nitrogens is 1. The van der Waals surface area contributed by atoms with Gasteiger partial charge in [0.1, 0.15) is 6.54 Å². The molecule has 1 aliphatic rings. The fraction of sp³-hybridized carbons (Fsp3) is 0.643. The second-order valence-electron chi connectivity index (χ2n) is 5.10. The monoisotopic (exact) mass is 249 g/mol. The lowest BCUT2D eigenvalue weighted by Gasteiger charge is -2.16. The molecule has 1 heterocycles. The van der Waals surface area contributed by atoms with Gasteiger partial charge in [-0.25, -0.2) is 0 Å². The maximum Gasteiger partial charge on any atom is 0.242 e. The Balaban J connectivity index is 1.95. The van der Waals surface area contributed by atoms with Crippen LogP contribution in [0.1, 0.15) is 37.8 Å². The van der Waals surface area contributed by atoms with Crippen molar-refractivity contribution in [3.8, 4) is 0 Å². The molecular formula is C14H23N3O. The Kier molecular flexibility index (Phi) is 4.07. The summed E-state index contributed by atoms with van der Waals surface area (Å²) in [5.74, 6) is 0.206.